The molecule has 24 heavy (non-hydrogen) atoms. The predicted molar refractivity (Wildman–Crippen MR) is 85.5 cm³/mol. The van der Waals surface area contributed by atoms with Gasteiger partial charge in [0.1, 0.15) is 17.9 Å². The van der Waals surface area contributed by atoms with Crippen LogP contribution in [0.3, 0.4) is 0 Å². The first kappa shape index (κ1) is 16.6. The molecule has 0 spiro atoms. The fourth-order valence-corrected chi connectivity index (χ4v) is 2.80. The summed E-state index contributed by atoms with van der Waals surface area (Å²) in [5, 5.41) is 30.3. The maximum atomic E-state index is 11.6. The van der Waals surface area contributed by atoms with Crippen LogP contribution in [0.25, 0.3) is 5.70 Å². The molecule has 8 nitrogen and oxygen atoms in total. The van der Waals surface area contributed by atoms with Crippen LogP contribution in [0.15, 0.2) is 41.5 Å². The van der Waals surface area contributed by atoms with Gasteiger partial charge in [-0.2, -0.15) is 0 Å². The van der Waals surface area contributed by atoms with Gasteiger partial charge in [0.25, 0.3) is 5.91 Å². The van der Waals surface area contributed by atoms with Gasteiger partial charge in [-0.25, -0.2) is 4.99 Å². The summed E-state index contributed by atoms with van der Waals surface area (Å²) in [6.45, 7) is -0.714. The number of aliphatic hydroxyl groups excluding tert-OH is 2. The Morgan fingerprint density at radius 1 is 1.42 bits per heavy atom. The molecule has 2 aliphatic rings. The topological polar surface area (TPSA) is 129 Å². The first-order chi connectivity index (χ1) is 11.5. The molecule has 8 heteroatoms. The molecule has 1 aromatic carbocycles. The molecule has 0 aromatic heterocycles. The molecule has 0 unspecified atom stereocenters. The molecule has 1 aromatic rings. The van der Waals surface area contributed by atoms with Gasteiger partial charge in [0.15, 0.2) is 5.72 Å². The van der Waals surface area contributed by atoms with Crippen LogP contribution >= 0.6 is 0 Å². The number of primary amides is 1. The minimum absolute atomic E-state index is 0.0597. The van der Waals surface area contributed by atoms with Gasteiger partial charge in [-0.15, -0.1) is 0 Å². The SMILES string of the molecule is NC(=O)C1=NC(c2ccccc2)=CN([C@@]2(O)CO[C@H](CO)[C@H]2O)C1. The van der Waals surface area contributed by atoms with E-state index in [4.69, 9.17) is 10.5 Å². The number of aliphatic hydroxyl groups is 3. The molecule has 1 fully saturated rings. The Bertz CT molecular complexity index is 690. The van der Waals surface area contributed by atoms with Crippen LogP contribution in [0.1, 0.15) is 5.56 Å². The van der Waals surface area contributed by atoms with Crippen LogP contribution in [-0.4, -0.2) is 69.5 Å². The van der Waals surface area contributed by atoms with Gasteiger partial charge in [-0.1, -0.05) is 30.3 Å². The third kappa shape index (κ3) is 2.80. The number of rotatable bonds is 4. The van der Waals surface area contributed by atoms with Gasteiger partial charge >= 0.3 is 0 Å². The lowest BCUT2D eigenvalue weighted by atomic mass is 10.0. The largest absolute Gasteiger partial charge is 0.394 e. The maximum Gasteiger partial charge on any atom is 0.264 e. The summed E-state index contributed by atoms with van der Waals surface area (Å²) < 4.78 is 5.24. The number of benzene rings is 1. The Hall–Kier alpha value is -2.26. The molecule has 0 bridgehead atoms. The van der Waals surface area contributed by atoms with E-state index in [1.165, 1.54) is 4.90 Å². The van der Waals surface area contributed by atoms with E-state index in [1.807, 2.05) is 18.2 Å². The molecular weight excluding hydrogens is 314 g/mol. The van der Waals surface area contributed by atoms with E-state index in [2.05, 4.69) is 4.99 Å². The zero-order valence-corrected chi connectivity index (χ0v) is 12.9. The molecule has 2 heterocycles. The van der Waals surface area contributed by atoms with Crippen molar-refractivity contribution in [3.63, 3.8) is 0 Å². The summed E-state index contributed by atoms with van der Waals surface area (Å²) >= 11 is 0. The Morgan fingerprint density at radius 3 is 2.71 bits per heavy atom. The van der Waals surface area contributed by atoms with Crippen LogP contribution in [0, 0.1) is 0 Å². The molecule has 1 saturated heterocycles. The molecule has 0 radical (unpaired) electrons. The summed E-state index contributed by atoms with van der Waals surface area (Å²) in [5.74, 6) is -0.711. The fourth-order valence-electron chi connectivity index (χ4n) is 2.80. The number of ether oxygens (including phenoxy) is 1. The molecule has 0 saturated carbocycles. The third-order valence-corrected chi connectivity index (χ3v) is 4.22. The number of nitrogens with two attached hydrogens (primary N) is 1. The van der Waals surface area contributed by atoms with E-state index >= 15 is 0 Å². The first-order valence-electron chi connectivity index (χ1n) is 7.50. The number of hydrogen-bond donors (Lipinski definition) is 4. The van der Waals surface area contributed by atoms with Crippen LogP contribution in [0.5, 0.6) is 0 Å². The summed E-state index contributed by atoms with van der Waals surface area (Å²) in [4.78, 5) is 17.2. The normalized spacial score (nSPS) is 30.0. The zero-order valence-electron chi connectivity index (χ0n) is 12.9. The second kappa shape index (κ2) is 6.33. The lowest BCUT2D eigenvalue weighted by molar-refractivity contribution is -0.137. The molecule has 128 valence electrons. The fraction of sp³-hybridized carbons (Fsp3) is 0.375. The van der Waals surface area contributed by atoms with Crippen molar-refractivity contribution in [2.75, 3.05) is 19.8 Å². The van der Waals surface area contributed by atoms with Crippen molar-refractivity contribution >= 4 is 17.3 Å². The van der Waals surface area contributed by atoms with E-state index < -0.39 is 30.4 Å². The Morgan fingerprint density at radius 2 is 2.12 bits per heavy atom. The number of aliphatic imine (C=N–C) groups is 1. The standard InChI is InChI=1S/C16H19N3O5/c17-15(22)12-7-19(16(23)9-24-13(8-20)14(16)21)6-11(18-12)10-4-2-1-3-5-10/h1-6,13-14,20-21,23H,7-9H2,(H2,17,22)/t13-,14-,16-/m1/s1. The Balaban J connectivity index is 1.98. The summed E-state index contributed by atoms with van der Waals surface area (Å²) in [5.41, 5.74) is 4.80. The molecule has 2 aliphatic heterocycles. The smallest absolute Gasteiger partial charge is 0.264 e. The average molecular weight is 333 g/mol. The Labute approximate surface area is 138 Å². The second-order valence-electron chi connectivity index (χ2n) is 5.79. The predicted octanol–water partition coefficient (Wildman–Crippen LogP) is -1.33. The first-order valence-corrected chi connectivity index (χ1v) is 7.50. The molecule has 1 amide bonds. The van der Waals surface area contributed by atoms with Crippen LogP contribution < -0.4 is 5.73 Å². The number of carbonyl (C=O) groups is 1. The van der Waals surface area contributed by atoms with Crippen LogP contribution in [0.4, 0.5) is 0 Å². The van der Waals surface area contributed by atoms with Gasteiger partial charge in [0, 0.05) is 11.8 Å². The molecule has 3 rings (SSSR count). The van der Waals surface area contributed by atoms with Gasteiger partial charge in [0.2, 0.25) is 0 Å². The zero-order chi connectivity index (χ0) is 17.3. The number of carbonyl (C=O) groups excluding carboxylic acids is 1. The number of amides is 1. The molecule has 5 N–H and O–H groups in total. The number of nitrogens with zero attached hydrogens (tertiary/aromatic N) is 2. The van der Waals surface area contributed by atoms with Crippen molar-refractivity contribution in [2.45, 2.75) is 17.9 Å². The highest BCUT2D eigenvalue weighted by Crippen LogP contribution is 2.32. The van der Waals surface area contributed by atoms with Gasteiger partial charge in [-0.3, -0.25) is 4.79 Å². The summed E-state index contributed by atoms with van der Waals surface area (Å²) in [6, 6.07) is 9.09. The lowest BCUT2D eigenvalue weighted by Gasteiger charge is -2.39. The van der Waals surface area contributed by atoms with Crippen LogP contribution in [-0.2, 0) is 9.53 Å². The molecule has 0 aliphatic carbocycles. The maximum absolute atomic E-state index is 11.6. The summed E-state index contributed by atoms with van der Waals surface area (Å²) in [7, 11) is 0. The highest BCUT2D eigenvalue weighted by Gasteiger charge is 2.52. The van der Waals surface area contributed by atoms with Crippen molar-refractivity contribution in [3.8, 4) is 0 Å². The second-order valence-corrected chi connectivity index (χ2v) is 5.79. The van der Waals surface area contributed by atoms with Gasteiger partial charge in [-0.05, 0) is 0 Å². The average Bonchev–Trinajstić information content (AvgIpc) is 2.91. The van der Waals surface area contributed by atoms with E-state index in [0.717, 1.165) is 5.56 Å². The van der Waals surface area contributed by atoms with Gasteiger partial charge in [0.05, 0.1) is 25.5 Å². The van der Waals surface area contributed by atoms with Crippen molar-refractivity contribution in [1.29, 1.82) is 0 Å². The molecule has 3 atom stereocenters. The minimum Gasteiger partial charge on any atom is -0.394 e. The quantitative estimate of drug-likeness (QED) is 0.540. The Kier molecular flexibility index (Phi) is 4.37. The highest BCUT2D eigenvalue weighted by molar-refractivity contribution is 6.40. The minimum atomic E-state index is -1.79. The van der Waals surface area contributed by atoms with E-state index in [1.54, 1.807) is 18.3 Å². The van der Waals surface area contributed by atoms with Crippen molar-refractivity contribution in [3.05, 3.63) is 42.1 Å². The third-order valence-electron chi connectivity index (χ3n) is 4.22. The van der Waals surface area contributed by atoms with Crippen LogP contribution in [0.2, 0.25) is 0 Å². The highest BCUT2D eigenvalue weighted by atomic mass is 16.6. The number of hydrogen-bond acceptors (Lipinski definition) is 7. The monoisotopic (exact) mass is 333 g/mol. The van der Waals surface area contributed by atoms with Crippen molar-refractivity contribution in [2.24, 2.45) is 10.7 Å². The summed E-state index contributed by atoms with van der Waals surface area (Å²) in [6.07, 6.45) is -0.698. The lowest BCUT2D eigenvalue weighted by Crippen LogP contribution is -2.58. The molecular formula is C16H19N3O5. The van der Waals surface area contributed by atoms with Crippen molar-refractivity contribution < 1.29 is 24.9 Å². The van der Waals surface area contributed by atoms with E-state index in [0.29, 0.717) is 5.70 Å². The van der Waals surface area contributed by atoms with Crippen molar-refractivity contribution in [1.82, 2.24) is 4.90 Å². The van der Waals surface area contributed by atoms with E-state index in [-0.39, 0.29) is 18.9 Å². The van der Waals surface area contributed by atoms with Gasteiger partial charge < -0.3 is 30.7 Å². The van der Waals surface area contributed by atoms with E-state index in [9.17, 15) is 20.1 Å².